The zero-order valence-electron chi connectivity index (χ0n) is 34.0. The number of rotatable bonds is 10. The molecule has 13 heteroatoms. The van der Waals surface area contributed by atoms with Crippen molar-refractivity contribution in [2.75, 3.05) is 83.4 Å². The average Bonchev–Trinajstić information content (AvgIpc) is 3.56. The number of piperazine rings is 2. The summed E-state index contributed by atoms with van der Waals surface area (Å²) in [5.41, 5.74) is 4.45. The summed E-state index contributed by atoms with van der Waals surface area (Å²) >= 11 is 6.27. The summed E-state index contributed by atoms with van der Waals surface area (Å²) in [5.74, 6) is -0.930. The quantitative estimate of drug-likeness (QED) is 0.187. The zero-order valence-corrected chi connectivity index (χ0v) is 34.8. The molecule has 0 spiro atoms. The van der Waals surface area contributed by atoms with E-state index in [2.05, 4.69) is 31.6 Å². The number of anilines is 1. The molecule has 1 aromatic heterocycles. The van der Waals surface area contributed by atoms with Crippen LogP contribution in [0.3, 0.4) is 0 Å². The number of fused-ring (bicyclic) bond motifs is 1. The molecular formula is C46H54ClF2N7O3. The van der Waals surface area contributed by atoms with Crippen molar-refractivity contribution < 1.29 is 23.5 Å². The van der Waals surface area contributed by atoms with Crippen molar-refractivity contribution in [3.8, 4) is 11.1 Å². The van der Waals surface area contributed by atoms with E-state index in [1.807, 2.05) is 60.4 Å². The van der Waals surface area contributed by atoms with Crippen LogP contribution in [0.2, 0.25) is 5.02 Å². The van der Waals surface area contributed by atoms with E-state index in [0.29, 0.717) is 81.8 Å². The molecule has 59 heavy (non-hydrogen) atoms. The molecule has 4 aromatic rings. The first-order chi connectivity index (χ1) is 28.6. The van der Waals surface area contributed by atoms with Crippen LogP contribution in [0.5, 0.6) is 0 Å². The minimum atomic E-state index is -0.832. The van der Waals surface area contributed by atoms with E-state index in [1.165, 1.54) is 18.5 Å². The fourth-order valence-electron chi connectivity index (χ4n) is 9.52. The van der Waals surface area contributed by atoms with Crippen LogP contribution in [-0.2, 0) is 11.2 Å². The summed E-state index contributed by atoms with van der Waals surface area (Å²) in [4.78, 5) is 47.2. The van der Waals surface area contributed by atoms with E-state index in [4.69, 9.17) is 11.6 Å². The lowest BCUT2D eigenvalue weighted by atomic mass is 9.92. The molecule has 3 fully saturated rings. The number of amides is 2. The highest BCUT2D eigenvalue weighted by Gasteiger charge is 2.36. The Bertz CT molecular complexity index is 2110. The highest BCUT2D eigenvalue weighted by molar-refractivity contribution is 6.30. The summed E-state index contributed by atoms with van der Waals surface area (Å²) in [5, 5.41) is 11.1. The number of carbonyl (C=O) groups is 2. The molecule has 312 valence electrons. The molecule has 8 rings (SSSR count). The van der Waals surface area contributed by atoms with Gasteiger partial charge in [-0.2, -0.15) is 0 Å². The van der Waals surface area contributed by atoms with Gasteiger partial charge in [-0.3, -0.25) is 14.5 Å². The van der Waals surface area contributed by atoms with E-state index in [1.54, 1.807) is 4.90 Å². The number of hydrogen-bond donors (Lipinski definition) is 1. The Labute approximate surface area is 350 Å². The van der Waals surface area contributed by atoms with Crippen LogP contribution >= 0.6 is 11.6 Å². The predicted octanol–water partition coefficient (Wildman–Crippen LogP) is 6.78. The van der Waals surface area contributed by atoms with Gasteiger partial charge in [-0.25, -0.2) is 18.7 Å². The number of aliphatic hydroxyl groups excluding tert-OH is 1. The van der Waals surface area contributed by atoms with Crippen LogP contribution in [0.1, 0.15) is 83.8 Å². The Hall–Kier alpha value is -4.49. The van der Waals surface area contributed by atoms with Crippen molar-refractivity contribution in [3.05, 3.63) is 112 Å². The van der Waals surface area contributed by atoms with Gasteiger partial charge in [0.25, 0.3) is 5.91 Å². The van der Waals surface area contributed by atoms with E-state index in [9.17, 15) is 14.7 Å². The molecule has 3 atom stereocenters. The van der Waals surface area contributed by atoms with Gasteiger partial charge in [-0.05, 0) is 97.1 Å². The van der Waals surface area contributed by atoms with Crippen molar-refractivity contribution in [3.63, 3.8) is 0 Å². The van der Waals surface area contributed by atoms with Gasteiger partial charge in [0.05, 0.1) is 17.7 Å². The fourth-order valence-corrected chi connectivity index (χ4v) is 9.64. The first-order valence-corrected chi connectivity index (χ1v) is 21.6. The number of aromatic nitrogens is 2. The molecule has 2 amide bonds. The molecule has 3 aliphatic heterocycles. The molecule has 4 aliphatic rings. The third-order valence-electron chi connectivity index (χ3n) is 13.0. The van der Waals surface area contributed by atoms with E-state index >= 15 is 8.78 Å². The molecule has 4 heterocycles. The van der Waals surface area contributed by atoms with Gasteiger partial charge in [-0.15, -0.1) is 0 Å². The third-order valence-corrected chi connectivity index (χ3v) is 13.2. The number of aryl methyl sites for hydroxylation is 1. The van der Waals surface area contributed by atoms with E-state index in [0.717, 1.165) is 72.7 Å². The summed E-state index contributed by atoms with van der Waals surface area (Å²) in [6, 6.07) is 17.8. The fraction of sp³-hybridized carbons (Fsp3) is 0.478. The van der Waals surface area contributed by atoms with Gasteiger partial charge in [0.15, 0.2) is 0 Å². The Balaban J connectivity index is 0.832. The number of likely N-dealkylation sites (tertiary alicyclic amines) is 1. The zero-order chi connectivity index (χ0) is 41.2. The van der Waals surface area contributed by atoms with Crippen molar-refractivity contribution in [2.45, 2.75) is 57.5 Å². The smallest absolute Gasteiger partial charge is 0.259 e. The van der Waals surface area contributed by atoms with Gasteiger partial charge < -0.3 is 24.7 Å². The summed E-state index contributed by atoms with van der Waals surface area (Å²) in [6.45, 7) is 12.1. The first kappa shape index (κ1) is 41.3. The molecule has 3 saturated heterocycles. The van der Waals surface area contributed by atoms with Crippen LogP contribution in [0.4, 0.5) is 14.6 Å². The largest absolute Gasteiger partial charge is 0.387 e. The maximum atomic E-state index is 15.3. The second-order valence-corrected chi connectivity index (χ2v) is 17.2. The Morgan fingerprint density at radius 3 is 2.19 bits per heavy atom. The van der Waals surface area contributed by atoms with Crippen LogP contribution in [0.15, 0.2) is 67.0 Å². The van der Waals surface area contributed by atoms with E-state index < -0.39 is 29.2 Å². The van der Waals surface area contributed by atoms with Crippen LogP contribution in [0, 0.1) is 17.6 Å². The van der Waals surface area contributed by atoms with Gasteiger partial charge in [0.1, 0.15) is 29.3 Å². The van der Waals surface area contributed by atoms with Crippen LogP contribution in [-0.4, -0.2) is 125 Å². The summed E-state index contributed by atoms with van der Waals surface area (Å²) in [6.07, 6.45) is 4.44. The Morgan fingerprint density at radius 2 is 1.51 bits per heavy atom. The average molecular weight is 826 g/mol. The van der Waals surface area contributed by atoms with Crippen molar-refractivity contribution in [1.82, 2.24) is 29.6 Å². The number of piperidine rings is 1. The summed E-state index contributed by atoms with van der Waals surface area (Å²) in [7, 11) is 0. The highest BCUT2D eigenvalue weighted by atomic mass is 35.5. The first-order valence-electron chi connectivity index (χ1n) is 21.2. The lowest BCUT2D eigenvalue weighted by molar-refractivity contribution is -0.133. The van der Waals surface area contributed by atoms with Crippen LogP contribution < -0.4 is 4.90 Å². The molecule has 0 radical (unpaired) electrons. The summed E-state index contributed by atoms with van der Waals surface area (Å²) < 4.78 is 30.6. The number of carbonyl (C=O) groups excluding carboxylic acids is 2. The molecule has 1 N–H and O–H groups in total. The van der Waals surface area contributed by atoms with Crippen molar-refractivity contribution in [2.24, 2.45) is 5.92 Å². The monoisotopic (exact) mass is 825 g/mol. The predicted molar refractivity (Wildman–Crippen MR) is 226 cm³/mol. The molecular weight excluding hydrogens is 772 g/mol. The maximum absolute atomic E-state index is 15.3. The molecule has 10 nitrogen and oxygen atoms in total. The second-order valence-electron chi connectivity index (χ2n) is 16.8. The lowest BCUT2D eigenvalue weighted by Crippen LogP contribution is -2.52. The molecule has 0 saturated carbocycles. The topological polar surface area (TPSA) is 96.4 Å². The minimum Gasteiger partial charge on any atom is -0.387 e. The highest BCUT2D eigenvalue weighted by Crippen LogP contribution is 2.43. The number of benzene rings is 3. The number of halogens is 3. The second kappa shape index (κ2) is 18.0. The maximum Gasteiger partial charge on any atom is 0.259 e. The van der Waals surface area contributed by atoms with E-state index in [-0.39, 0.29) is 17.7 Å². The van der Waals surface area contributed by atoms with Crippen molar-refractivity contribution >= 4 is 29.2 Å². The number of hydrogen-bond acceptors (Lipinski definition) is 8. The molecule has 0 bridgehead atoms. The number of aliphatic hydroxyl groups is 1. The van der Waals surface area contributed by atoms with Gasteiger partial charge in [0.2, 0.25) is 5.91 Å². The molecule has 3 aromatic carbocycles. The Kier molecular flexibility index (Phi) is 12.6. The molecule has 0 unspecified atom stereocenters. The number of nitrogens with zero attached hydrogens (tertiary/aromatic N) is 7. The molecule has 1 aliphatic carbocycles. The SMILES string of the molecule is CCc1cccc(-c2cc(F)c(C(=O)N3CCN(CC4CCN(C[C@@H](C(=O)N5CCN(c6ncnc7c6[C@H](C)C[C@H]7O)CC5)c5ccc(Cl)cc5)CC4)CC3)c(F)c2)c1. The minimum absolute atomic E-state index is 0.121. The Morgan fingerprint density at radius 1 is 0.831 bits per heavy atom. The van der Waals surface area contributed by atoms with Crippen LogP contribution in [0.25, 0.3) is 11.1 Å². The van der Waals surface area contributed by atoms with Crippen molar-refractivity contribution in [1.29, 1.82) is 0 Å². The third kappa shape index (κ3) is 9.01. The van der Waals surface area contributed by atoms with Gasteiger partial charge in [0, 0.05) is 76.0 Å². The standard InChI is InChI=1S/C46H54ClF2N7O3/c1-3-31-5-4-6-34(24-31)35-25-38(48)42(39(49)26-35)46(59)56-17-15-53(16-18-56)27-32-11-13-52(14-12-32)28-37(33-7-9-36(47)10-8-33)45(58)55-21-19-54(20-22-55)44-41-30(2)23-40(57)43(41)50-29-51-44/h4-10,24-26,29-30,32,37,40,57H,3,11-23,27-28H2,1-2H3/t30-,37-,40-/m1/s1. The lowest BCUT2D eigenvalue weighted by Gasteiger charge is -2.40. The van der Waals surface area contributed by atoms with Gasteiger partial charge in [-0.1, -0.05) is 61.8 Å². The van der Waals surface area contributed by atoms with Gasteiger partial charge >= 0.3 is 0 Å². The normalized spacial score (nSPS) is 21.2.